The van der Waals surface area contributed by atoms with E-state index < -0.39 is 0 Å². The number of thioether (sulfide) groups is 1. The molecule has 8 heteroatoms. The number of carbonyl (C=O) groups is 1. The SMILES string of the molecule is COc1ccc(N=C2NC(=O)/C(=C/c3cc(I)c(OCc4cccc5ccccc45)c(OC)c3)S2)cc1. The number of rotatable bonds is 7. The van der Waals surface area contributed by atoms with Crippen molar-refractivity contribution in [1.82, 2.24) is 5.32 Å². The van der Waals surface area contributed by atoms with E-state index in [9.17, 15) is 4.79 Å². The summed E-state index contributed by atoms with van der Waals surface area (Å²) in [6, 6.07) is 25.6. The number of ether oxygens (including phenoxy) is 3. The molecule has 6 nitrogen and oxygen atoms in total. The molecule has 1 aliphatic heterocycles. The quantitative estimate of drug-likeness (QED) is 0.179. The van der Waals surface area contributed by atoms with Crippen molar-refractivity contribution in [3.8, 4) is 17.2 Å². The second-order valence-electron chi connectivity index (χ2n) is 8.14. The molecule has 4 aromatic carbocycles. The van der Waals surface area contributed by atoms with Crippen LogP contribution in [0.2, 0.25) is 0 Å². The number of nitrogens with one attached hydrogen (secondary N) is 1. The van der Waals surface area contributed by atoms with Crippen molar-refractivity contribution in [2.24, 2.45) is 4.99 Å². The number of amides is 1. The molecule has 0 saturated carbocycles. The zero-order valence-corrected chi connectivity index (χ0v) is 23.1. The average molecular weight is 622 g/mol. The summed E-state index contributed by atoms with van der Waals surface area (Å²) in [5.41, 5.74) is 2.67. The molecule has 0 atom stereocenters. The lowest BCUT2D eigenvalue weighted by atomic mass is 10.1. The lowest BCUT2D eigenvalue weighted by Crippen LogP contribution is -2.19. The number of hydrogen-bond acceptors (Lipinski definition) is 6. The smallest absolute Gasteiger partial charge is 0.264 e. The molecule has 1 heterocycles. The highest BCUT2D eigenvalue weighted by molar-refractivity contribution is 14.1. The Bertz CT molecular complexity index is 1530. The summed E-state index contributed by atoms with van der Waals surface area (Å²) in [5, 5.41) is 5.69. The second-order valence-corrected chi connectivity index (χ2v) is 10.3. The van der Waals surface area contributed by atoms with Gasteiger partial charge in [-0.25, -0.2) is 4.99 Å². The van der Waals surface area contributed by atoms with Crippen LogP contribution < -0.4 is 19.5 Å². The van der Waals surface area contributed by atoms with E-state index in [0.29, 0.717) is 28.2 Å². The molecule has 0 aliphatic carbocycles. The van der Waals surface area contributed by atoms with Crippen LogP contribution in [0, 0.1) is 3.57 Å². The van der Waals surface area contributed by atoms with E-state index >= 15 is 0 Å². The van der Waals surface area contributed by atoms with Gasteiger partial charge in [-0.05, 0) is 98.7 Å². The first kappa shape index (κ1) is 25.2. The number of fused-ring (bicyclic) bond motifs is 1. The minimum atomic E-state index is -0.192. The molecule has 1 aliphatic rings. The summed E-state index contributed by atoms with van der Waals surface area (Å²) >= 11 is 3.53. The van der Waals surface area contributed by atoms with Gasteiger partial charge in [0.25, 0.3) is 5.91 Å². The van der Waals surface area contributed by atoms with E-state index in [1.54, 1.807) is 14.2 Å². The van der Waals surface area contributed by atoms with Crippen molar-refractivity contribution in [3.05, 3.63) is 98.5 Å². The normalized spacial score (nSPS) is 15.3. The van der Waals surface area contributed by atoms with Crippen LogP contribution >= 0.6 is 34.4 Å². The van der Waals surface area contributed by atoms with E-state index in [1.807, 2.05) is 60.7 Å². The van der Waals surface area contributed by atoms with E-state index in [-0.39, 0.29) is 5.91 Å². The van der Waals surface area contributed by atoms with Crippen molar-refractivity contribution in [3.63, 3.8) is 0 Å². The molecule has 0 unspecified atom stereocenters. The van der Waals surface area contributed by atoms with Crippen molar-refractivity contribution in [2.45, 2.75) is 6.61 Å². The van der Waals surface area contributed by atoms with Gasteiger partial charge in [0.15, 0.2) is 16.7 Å². The minimum Gasteiger partial charge on any atom is -0.497 e. The second kappa shape index (κ2) is 11.3. The summed E-state index contributed by atoms with van der Waals surface area (Å²) < 4.78 is 18.0. The van der Waals surface area contributed by atoms with E-state index in [1.165, 1.54) is 17.1 Å². The fourth-order valence-corrected chi connectivity index (χ4v) is 5.56. The first-order valence-corrected chi connectivity index (χ1v) is 13.3. The third-order valence-corrected chi connectivity index (χ3v) is 7.47. The summed E-state index contributed by atoms with van der Waals surface area (Å²) in [4.78, 5) is 17.7. The molecule has 0 aromatic heterocycles. The summed E-state index contributed by atoms with van der Waals surface area (Å²) in [7, 11) is 3.23. The highest BCUT2D eigenvalue weighted by atomic mass is 127. The first-order chi connectivity index (χ1) is 18.0. The predicted octanol–water partition coefficient (Wildman–Crippen LogP) is 6.93. The molecular weight excluding hydrogens is 599 g/mol. The number of benzene rings is 4. The summed E-state index contributed by atoms with van der Waals surface area (Å²) in [5.74, 6) is 1.83. The maximum absolute atomic E-state index is 12.6. The fraction of sp³-hybridized carbons (Fsp3) is 0.103. The predicted molar refractivity (Wildman–Crippen MR) is 158 cm³/mol. The zero-order valence-electron chi connectivity index (χ0n) is 20.2. The summed E-state index contributed by atoms with van der Waals surface area (Å²) in [6.07, 6.45) is 1.83. The number of halogens is 1. The van der Waals surface area contributed by atoms with Crippen LogP contribution in [0.1, 0.15) is 11.1 Å². The zero-order chi connectivity index (χ0) is 25.8. The largest absolute Gasteiger partial charge is 0.497 e. The molecule has 37 heavy (non-hydrogen) atoms. The monoisotopic (exact) mass is 622 g/mol. The highest BCUT2D eigenvalue weighted by Crippen LogP contribution is 2.37. The molecule has 1 amide bonds. The Balaban J connectivity index is 1.35. The van der Waals surface area contributed by atoms with Gasteiger partial charge in [-0.3, -0.25) is 4.79 Å². The van der Waals surface area contributed by atoms with Gasteiger partial charge >= 0.3 is 0 Å². The average Bonchev–Trinajstić information content (AvgIpc) is 3.26. The molecule has 5 rings (SSSR count). The molecule has 0 bridgehead atoms. The Morgan fingerprint density at radius 2 is 1.76 bits per heavy atom. The molecule has 0 radical (unpaired) electrons. The van der Waals surface area contributed by atoms with Gasteiger partial charge in [0.2, 0.25) is 0 Å². The van der Waals surface area contributed by atoms with Crippen molar-refractivity contribution >= 4 is 68.0 Å². The lowest BCUT2D eigenvalue weighted by molar-refractivity contribution is -0.115. The Morgan fingerprint density at radius 1 is 0.973 bits per heavy atom. The van der Waals surface area contributed by atoms with Crippen LogP contribution in [0.5, 0.6) is 17.2 Å². The van der Waals surface area contributed by atoms with Crippen molar-refractivity contribution in [2.75, 3.05) is 14.2 Å². The van der Waals surface area contributed by atoms with E-state index in [2.05, 4.69) is 57.2 Å². The van der Waals surface area contributed by atoms with Crippen LogP contribution in [0.4, 0.5) is 5.69 Å². The number of methoxy groups -OCH3 is 2. The Kier molecular flexibility index (Phi) is 7.66. The Hall–Kier alpha value is -3.50. The summed E-state index contributed by atoms with van der Waals surface area (Å²) in [6.45, 7) is 0.414. The fourth-order valence-electron chi connectivity index (χ4n) is 3.94. The van der Waals surface area contributed by atoms with Gasteiger partial charge in [0.1, 0.15) is 12.4 Å². The molecule has 4 aromatic rings. The number of nitrogens with zero attached hydrogens (tertiary/aromatic N) is 1. The van der Waals surface area contributed by atoms with Crippen LogP contribution in [0.3, 0.4) is 0 Å². The van der Waals surface area contributed by atoms with E-state index in [4.69, 9.17) is 14.2 Å². The first-order valence-electron chi connectivity index (χ1n) is 11.4. The molecule has 186 valence electrons. The molecular formula is C29H23IN2O4S. The number of carbonyl (C=O) groups excluding carboxylic acids is 1. The number of aliphatic imine (C=N–C) groups is 1. The minimum absolute atomic E-state index is 0.192. The molecule has 1 saturated heterocycles. The Morgan fingerprint density at radius 3 is 2.54 bits per heavy atom. The van der Waals surface area contributed by atoms with Crippen LogP contribution in [0.15, 0.2) is 88.8 Å². The third-order valence-electron chi connectivity index (χ3n) is 5.76. The van der Waals surface area contributed by atoms with Gasteiger partial charge in [-0.1, -0.05) is 42.5 Å². The number of amidine groups is 1. The standard InChI is InChI=1S/C29H23IN2O4S/c1-34-22-12-10-21(11-13-22)31-29-32-28(33)26(37-29)16-18-14-24(30)27(25(15-18)35-2)36-17-20-8-5-7-19-6-3-4-9-23(19)20/h3-16H,17H2,1-2H3,(H,31,32,33)/b26-16-. The molecule has 1 fully saturated rings. The maximum Gasteiger partial charge on any atom is 0.264 e. The maximum atomic E-state index is 12.6. The van der Waals surface area contributed by atoms with Crippen LogP contribution in [0.25, 0.3) is 16.8 Å². The highest BCUT2D eigenvalue weighted by Gasteiger charge is 2.24. The van der Waals surface area contributed by atoms with Gasteiger partial charge < -0.3 is 19.5 Å². The third kappa shape index (κ3) is 5.75. The number of hydrogen-bond donors (Lipinski definition) is 1. The van der Waals surface area contributed by atoms with Crippen molar-refractivity contribution < 1.29 is 19.0 Å². The Labute approximate surface area is 232 Å². The molecule has 1 N–H and O–H groups in total. The topological polar surface area (TPSA) is 69.2 Å². The van der Waals surface area contributed by atoms with Gasteiger partial charge in [0, 0.05) is 0 Å². The van der Waals surface area contributed by atoms with Crippen LogP contribution in [-0.4, -0.2) is 25.3 Å². The molecule has 0 spiro atoms. The van der Waals surface area contributed by atoms with E-state index in [0.717, 1.165) is 31.5 Å². The lowest BCUT2D eigenvalue weighted by Gasteiger charge is -2.15. The van der Waals surface area contributed by atoms with Crippen molar-refractivity contribution in [1.29, 1.82) is 0 Å². The van der Waals surface area contributed by atoms with Crippen LogP contribution in [-0.2, 0) is 11.4 Å². The van der Waals surface area contributed by atoms with Gasteiger partial charge in [-0.2, -0.15) is 0 Å². The van der Waals surface area contributed by atoms with Gasteiger partial charge in [0.05, 0.1) is 28.4 Å². The van der Waals surface area contributed by atoms with Gasteiger partial charge in [-0.15, -0.1) is 0 Å².